The van der Waals surface area contributed by atoms with E-state index in [0.29, 0.717) is 30.4 Å². The summed E-state index contributed by atoms with van der Waals surface area (Å²) in [5, 5.41) is 5.83. The molecule has 0 radical (unpaired) electrons. The van der Waals surface area contributed by atoms with Crippen molar-refractivity contribution >= 4 is 24.2 Å². The van der Waals surface area contributed by atoms with Gasteiger partial charge in [0.15, 0.2) is 0 Å². The van der Waals surface area contributed by atoms with Crippen molar-refractivity contribution in [3.63, 3.8) is 0 Å². The second-order valence-corrected chi connectivity index (χ2v) is 6.84. The molecule has 26 heavy (non-hydrogen) atoms. The fraction of sp³-hybridized carbons (Fsp3) is 0.579. The van der Waals surface area contributed by atoms with E-state index >= 15 is 0 Å². The van der Waals surface area contributed by atoms with Gasteiger partial charge in [0.2, 0.25) is 5.91 Å². The van der Waals surface area contributed by atoms with Crippen LogP contribution in [0.15, 0.2) is 24.3 Å². The lowest BCUT2D eigenvalue weighted by molar-refractivity contribution is -0.124. The van der Waals surface area contributed by atoms with Gasteiger partial charge < -0.3 is 21.1 Å². The third-order valence-corrected chi connectivity index (χ3v) is 4.44. The smallest absolute Gasteiger partial charge is 0.251 e. The Bertz CT molecular complexity index is 588. The molecule has 0 spiro atoms. The average molecular weight is 384 g/mol. The molecular formula is C19H30ClN3O3. The van der Waals surface area contributed by atoms with Gasteiger partial charge in [0.25, 0.3) is 5.91 Å². The van der Waals surface area contributed by atoms with Gasteiger partial charge in [-0.25, -0.2) is 0 Å². The van der Waals surface area contributed by atoms with E-state index in [0.717, 1.165) is 12.8 Å². The lowest BCUT2D eigenvalue weighted by Gasteiger charge is -2.25. The number of hydrogen-bond acceptors (Lipinski definition) is 4. The highest BCUT2D eigenvalue weighted by molar-refractivity contribution is 5.97. The van der Waals surface area contributed by atoms with Crippen molar-refractivity contribution in [1.82, 2.24) is 10.6 Å². The standard InChI is InChI=1S/C19H29N3O3.ClH/c1-4-25-15-9-7-14(8-10-15)18(23)22-17(12(2)3)19(24)21-16(11-20)13-5-6-13;/h7-10,12-13,16-17H,4-6,11,20H2,1-3H3,(H,21,24)(H,22,23);1H. The first-order chi connectivity index (χ1) is 12.0. The Labute approximate surface area is 161 Å². The van der Waals surface area contributed by atoms with E-state index in [-0.39, 0.29) is 36.2 Å². The van der Waals surface area contributed by atoms with Crippen molar-refractivity contribution in [2.45, 2.75) is 45.7 Å². The van der Waals surface area contributed by atoms with Crippen molar-refractivity contribution in [2.75, 3.05) is 13.2 Å². The van der Waals surface area contributed by atoms with E-state index in [1.54, 1.807) is 24.3 Å². The Hall–Kier alpha value is -1.79. The molecule has 0 heterocycles. The first kappa shape index (κ1) is 22.3. The normalized spacial score (nSPS) is 15.6. The van der Waals surface area contributed by atoms with E-state index < -0.39 is 6.04 Å². The number of benzene rings is 1. The Kier molecular flexibility index (Phi) is 8.88. The van der Waals surface area contributed by atoms with E-state index in [9.17, 15) is 9.59 Å². The Balaban J connectivity index is 0.00000338. The highest BCUT2D eigenvalue weighted by atomic mass is 35.5. The van der Waals surface area contributed by atoms with Gasteiger partial charge in [-0.05, 0) is 55.9 Å². The summed E-state index contributed by atoms with van der Waals surface area (Å²) >= 11 is 0. The number of carbonyl (C=O) groups is 2. The molecule has 6 nitrogen and oxygen atoms in total. The molecule has 1 aliphatic carbocycles. The quantitative estimate of drug-likeness (QED) is 0.608. The molecule has 2 unspecified atom stereocenters. The number of nitrogens with one attached hydrogen (secondary N) is 2. The van der Waals surface area contributed by atoms with Crippen LogP contribution >= 0.6 is 12.4 Å². The molecule has 1 aromatic rings. The number of nitrogens with two attached hydrogens (primary N) is 1. The van der Waals surface area contributed by atoms with E-state index in [1.807, 2.05) is 20.8 Å². The topological polar surface area (TPSA) is 93.4 Å². The maximum atomic E-state index is 12.6. The van der Waals surface area contributed by atoms with Gasteiger partial charge in [0, 0.05) is 18.2 Å². The second-order valence-electron chi connectivity index (χ2n) is 6.84. The largest absolute Gasteiger partial charge is 0.494 e. The third-order valence-electron chi connectivity index (χ3n) is 4.44. The molecule has 4 N–H and O–H groups in total. The first-order valence-electron chi connectivity index (χ1n) is 9.00. The summed E-state index contributed by atoms with van der Waals surface area (Å²) in [7, 11) is 0. The summed E-state index contributed by atoms with van der Waals surface area (Å²) in [5.41, 5.74) is 6.25. The molecule has 0 aromatic heterocycles. The zero-order valence-electron chi connectivity index (χ0n) is 15.7. The number of carbonyl (C=O) groups excluding carboxylic acids is 2. The van der Waals surface area contributed by atoms with Crippen molar-refractivity contribution < 1.29 is 14.3 Å². The van der Waals surface area contributed by atoms with Gasteiger partial charge in [-0.2, -0.15) is 0 Å². The maximum absolute atomic E-state index is 12.6. The molecule has 2 rings (SSSR count). The lowest BCUT2D eigenvalue weighted by atomic mass is 10.0. The molecule has 1 saturated carbocycles. The summed E-state index contributed by atoms with van der Waals surface area (Å²) in [5.74, 6) is 0.726. The first-order valence-corrected chi connectivity index (χ1v) is 9.00. The van der Waals surface area contributed by atoms with Crippen molar-refractivity contribution in [1.29, 1.82) is 0 Å². The van der Waals surface area contributed by atoms with Gasteiger partial charge in [0.05, 0.1) is 6.61 Å². The van der Waals surface area contributed by atoms with Crippen LogP contribution in [0.3, 0.4) is 0 Å². The van der Waals surface area contributed by atoms with E-state index in [1.165, 1.54) is 0 Å². The molecule has 2 atom stereocenters. The van der Waals surface area contributed by atoms with E-state index in [4.69, 9.17) is 10.5 Å². The molecule has 0 aliphatic heterocycles. The minimum Gasteiger partial charge on any atom is -0.494 e. The highest BCUT2D eigenvalue weighted by Crippen LogP contribution is 2.32. The Morgan fingerprint density at radius 1 is 1.19 bits per heavy atom. The highest BCUT2D eigenvalue weighted by Gasteiger charge is 2.33. The number of halogens is 1. The zero-order valence-corrected chi connectivity index (χ0v) is 16.5. The molecule has 1 fully saturated rings. The monoisotopic (exact) mass is 383 g/mol. The van der Waals surface area contributed by atoms with Gasteiger partial charge in [-0.1, -0.05) is 13.8 Å². The number of amides is 2. The van der Waals surface area contributed by atoms with Gasteiger partial charge in [-0.15, -0.1) is 12.4 Å². The summed E-state index contributed by atoms with van der Waals surface area (Å²) in [6.07, 6.45) is 2.21. The van der Waals surface area contributed by atoms with Crippen LogP contribution in [0.4, 0.5) is 0 Å². The molecular weight excluding hydrogens is 354 g/mol. The van der Waals surface area contributed by atoms with Crippen molar-refractivity contribution in [3.05, 3.63) is 29.8 Å². The minimum atomic E-state index is -0.591. The van der Waals surface area contributed by atoms with Crippen molar-refractivity contribution in [2.24, 2.45) is 17.6 Å². The van der Waals surface area contributed by atoms with Gasteiger partial charge in [0.1, 0.15) is 11.8 Å². The Morgan fingerprint density at radius 2 is 1.81 bits per heavy atom. The summed E-state index contributed by atoms with van der Waals surface area (Å²) in [6.45, 7) is 6.73. The maximum Gasteiger partial charge on any atom is 0.251 e. The number of ether oxygens (including phenoxy) is 1. The summed E-state index contributed by atoms with van der Waals surface area (Å²) in [4.78, 5) is 25.1. The molecule has 0 saturated heterocycles. The lowest BCUT2D eigenvalue weighted by Crippen LogP contribution is -2.54. The fourth-order valence-electron chi connectivity index (χ4n) is 2.77. The van der Waals surface area contributed by atoms with Crippen LogP contribution in [0, 0.1) is 11.8 Å². The van der Waals surface area contributed by atoms with E-state index in [2.05, 4.69) is 10.6 Å². The molecule has 0 bridgehead atoms. The predicted molar refractivity (Wildman–Crippen MR) is 105 cm³/mol. The number of hydrogen-bond donors (Lipinski definition) is 3. The van der Waals surface area contributed by atoms with Crippen LogP contribution in [-0.4, -0.2) is 37.0 Å². The zero-order chi connectivity index (χ0) is 18.4. The van der Waals surface area contributed by atoms with Crippen LogP contribution in [0.1, 0.15) is 44.0 Å². The second kappa shape index (κ2) is 10.4. The van der Waals surface area contributed by atoms with Gasteiger partial charge in [-0.3, -0.25) is 9.59 Å². The van der Waals surface area contributed by atoms with Crippen LogP contribution in [0.2, 0.25) is 0 Å². The number of rotatable bonds is 9. The molecule has 2 amide bonds. The summed E-state index contributed by atoms with van der Waals surface area (Å²) in [6, 6.07) is 6.30. The minimum absolute atomic E-state index is 0. The molecule has 1 aliphatic rings. The molecule has 7 heteroatoms. The SMILES string of the molecule is CCOc1ccc(C(=O)NC(C(=O)NC(CN)C2CC2)C(C)C)cc1.Cl. The fourth-order valence-corrected chi connectivity index (χ4v) is 2.77. The summed E-state index contributed by atoms with van der Waals surface area (Å²) < 4.78 is 5.37. The van der Waals surface area contributed by atoms with Gasteiger partial charge >= 0.3 is 0 Å². The van der Waals surface area contributed by atoms with Crippen LogP contribution in [0.25, 0.3) is 0 Å². The Morgan fingerprint density at radius 3 is 2.27 bits per heavy atom. The average Bonchev–Trinajstić information content (AvgIpc) is 3.42. The van der Waals surface area contributed by atoms with Crippen LogP contribution in [0.5, 0.6) is 5.75 Å². The van der Waals surface area contributed by atoms with Crippen molar-refractivity contribution in [3.8, 4) is 5.75 Å². The van der Waals surface area contributed by atoms with Crippen LogP contribution < -0.4 is 21.1 Å². The third kappa shape index (κ3) is 6.18. The molecule has 146 valence electrons. The predicted octanol–water partition coefficient (Wildman–Crippen LogP) is 2.12. The van der Waals surface area contributed by atoms with Crippen LogP contribution in [-0.2, 0) is 4.79 Å². The molecule has 1 aromatic carbocycles.